The highest BCUT2D eigenvalue weighted by molar-refractivity contribution is 7.10. The fourth-order valence-electron chi connectivity index (χ4n) is 1.81. The van der Waals surface area contributed by atoms with Gasteiger partial charge in [-0.2, -0.15) is 0 Å². The first-order chi connectivity index (χ1) is 8.71. The maximum atomic E-state index is 10.6. The molecular weight excluding hydrogens is 258 g/mol. The molecule has 0 bridgehead atoms. The highest BCUT2D eigenvalue weighted by Crippen LogP contribution is 2.26. The molecule has 0 aliphatic carbocycles. The Bertz CT molecular complexity index is 457. The summed E-state index contributed by atoms with van der Waals surface area (Å²) in [5.41, 5.74) is 1.23. The number of carboxylic acids is 1. The molecular formula is C15H23NO2S. The molecule has 4 heteroatoms. The van der Waals surface area contributed by atoms with Crippen molar-refractivity contribution in [1.29, 1.82) is 0 Å². The smallest absolute Gasteiger partial charge is 0.328 e. The molecule has 0 saturated heterocycles. The van der Waals surface area contributed by atoms with Crippen LogP contribution >= 0.6 is 11.3 Å². The van der Waals surface area contributed by atoms with Crippen molar-refractivity contribution in [2.24, 2.45) is 5.41 Å². The SMILES string of the molecule is CC(N(C)Cc1sccc1C=CC(=O)O)C(C)(C)C. The molecule has 1 unspecified atom stereocenters. The summed E-state index contributed by atoms with van der Waals surface area (Å²) < 4.78 is 0. The summed E-state index contributed by atoms with van der Waals surface area (Å²) in [6.07, 6.45) is 2.86. The molecule has 0 aliphatic rings. The van der Waals surface area contributed by atoms with Crippen LogP contribution in [0.2, 0.25) is 0 Å². The molecule has 0 saturated carbocycles. The van der Waals surface area contributed by atoms with E-state index in [4.69, 9.17) is 5.11 Å². The van der Waals surface area contributed by atoms with Crippen molar-refractivity contribution in [3.8, 4) is 0 Å². The molecule has 0 spiro atoms. The van der Waals surface area contributed by atoms with Gasteiger partial charge in [0.25, 0.3) is 0 Å². The Morgan fingerprint density at radius 2 is 2.16 bits per heavy atom. The molecule has 19 heavy (non-hydrogen) atoms. The first-order valence-electron chi connectivity index (χ1n) is 6.39. The average Bonchev–Trinajstić information content (AvgIpc) is 2.71. The van der Waals surface area contributed by atoms with Crippen molar-refractivity contribution >= 4 is 23.4 Å². The third kappa shape index (κ3) is 4.80. The zero-order valence-corrected chi connectivity index (χ0v) is 13.1. The van der Waals surface area contributed by atoms with Gasteiger partial charge in [0.05, 0.1) is 0 Å². The maximum absolute atomic E-state index is 10.6. The van der Waals surface area contributed by atoms with Gasteiger partial charge in [-0.25, -0.2) is 4.79 Å². The predicted molar refractivity (Wildman–Crippen MR) is 81.4 cm³/mol. The Morgan fingerprint density at radius 1 is 1.53 bits per heavy atom. The van der Waals surface area contributed by atoms with Crippen molar-refractivity contribution in [3.05, 3.63) is 28.0 Å². The monoisotopic (exact) mass is 281 g/mol. The standard InChI is InChI=1S/C15H23NO2S/c1-11(15(2,3)4)16(5)10-13-12(8-9-19-13)6-7-14(17)18/h6-9,11H,10H2,1-5H3,(H,17,18). The number of thiophene rings is 1. The first-order valence-corrected chi connectivity index (χ1v) is 7.27. The molecule has 1 atom stereocenters. The van der Waals surface area contributed by atoms with Crippen LogP contribution in [0, 0.1) is 5.41 Å². The molecule has 1 aromatic rings. The van der Waals surface area contributed by atoms with Crippen molar-refractivity contribution in [3.63, 3.8) is 0 Å². The van der Waals surface area contributed by atoms with Gasteiger partial charge in [-0.15, -0.1) is 11.3 Å². The molecule has 0 aromatic carbocycles. The first kappa shape index (κ1) is 15.9. The Kier molecular flexibility index (Phi) is 5.32. The fraction of sp³-hybridized carbons (Fsp3) is 0.533. The van der Waals surface area contributed by atoms with Crippen LogP contribution < -0.4 is 0 Å². The number of carboxylic acid groups (broad SMARTS) is 1. The molecule has 1 rings (SSSR count). The number of hydrogen-bond acceptors (Lipinski definition) is 3. The van der Waals surface area contributed by atoms with Gasteiger partial charge in [0.2, 0.25) is 0 Å². The van der Waals surface area contributed by atoms with Crippen LogP contribution in [0.3, 0.4) is 0 Å². The lowest BCUT2D eigenvalue weighted by Gasteiger charge is -2.35. The van der Waals surface area contributed by atoms with Gasteiger partial charge in [0.15, 0.2) is 0 Å². The Morgan fingerprint density at radius 3 is 2.68 bits per heavy atom. The van der Waals surface area contributed by atoms with Gasteiger partial charge in [-0.3, -0.25) is 4.90 Å². The second-order valence-electron chi connectivity index (χ2n) is 5.93. The number of hydrogen-bond donors (Lipinski definition) is 1. The largest absolute Gasteiger partial charge is 0.478 e. The van der Waals surface area contributed by atoms with Crippen molar-refractivity contribution < 1.29 is 9.90 Å². The van der Waals surface area contributed by atoms with Crippen molar-refractivity contribution in [1.82, 2.24) is 4.90 Å². The zero-order chi connectivity index (χ0) is 14.6. The highest BCUT2D eigenvalue weighted by Gasteiger charge is 2.24. The summed E-state index contributed by atoms with van der Waals surface area (Å²) in [4.78, 5) is 14.1. The van der Waals surface area contributed by atoms with Crippen LogP contribution in [-0.2, 0) is 11.3 Å². The van der Waals surface area contributed by atoms with Gasteiger partial charge in [0.1, 0.15) is 0 Å². The molecule has 0 fully saturated rings. The normalized spacial score (nSPS) is 14.2. The van der Waals surface area contributed by atoms with Crippen molar-refractivity contribution in [2.45, 2.75) is 40.3 Å². The third-order valence-electron chi connectivity index (χ3n) is 3.49. The summed E-state index contributed by atoms with van der Waals surface area (Å²) in [7, 11) is 2.11. The van der Waals surface area contributed by atoms with E-state index in [1.807, 2.05) is 11.4 Å². The second-order valence-corrected chi connectivity index (χ2v) is 6.93. The second kappa shape index (κ2) is 6.35. The van der Waals surface area contributed by atoms with E-state index in [0.717, 1.165) is 12.1 Å². The molecule has 0 amide bonds. The van der Waals surface area contributed by atoms with E-state index in [0.29, 0.717) is 6.04 Å². The van der Waals surface area contributed by atoms with Crippen LogP contribution in [0.5, 0.6) is 0 Å². The molecule has 0 aliphatic heterocycles. The van der Waals surface area contributed by atoms with Crippen LogP contribution in [0.1, 0.15) is 38.1 Å². The number of rotatable bonds is 5. The van der Waals surface area contributed by atoms with E-state index in [2.05, 4.69) is 39.6 Å². The Balaban J connectivity index is 2.78. The molecule has 1 heterocycles. The minimum Gasteiger partial charge on any atom is -0.478 e. The summed E-state index contributed by atoms with van der Waals surface area (Å²) in [5, 5.41) is 10.7. The van der Waals surface area contributed by atoms with Gasteiger partial charge in [-0.05, 0) is 42.5 Å². The van der Waals surface area contributed by atoms with Crippen LogP contribution in [0.15, 0.2) is 17.5 Å². The maximum Gasteiger partial charge on any atom is 0.328 e. The summed E-state index contributed by atoms with van der Waals surface area (Å²) in [5.74, 6) is -0.909. The van der Waals surface area contributed by atoms with Crippen molar-refractivity contribution in [2.75, 3.05) is 7.05 Å². The molecule has 1 N–H and O–H groups in total. The lowest BCUT2D eigenvalue weighted by Crippen LogP contribution is -2.38. The molecule has 3 nitrogen and oxygen atoms in total. The molecule has 106 valence electrons. The Labute approximate surface area is 119 Å². The highest BCUT2D eigenvalue weighted by atomic mass is 32.1. The van der Waals surface area contributed by atoms with Crippen LogP contribution in [0.25, 0.3) is 6.08 Å². The zero-order valence-electron chi connectivity index (χ0n) is 12.3. The van der Waals surface area contributed by atoms with Gasteiger partial charge < -0.3 is 5.11 Å². The van der Waals surface area contributed by atoms with Crippen LogP contribution in [-0.4, -0.2) is 29.1 Å². The molecule has 0 radical (unpaired) electrons. The minimum atomic E-state index is -0.909. The third-order valence-corrected chi connectivity index (χ3v) is 4.41. The van der Waals surface area contributed by atoms with Crippen LogP contribution in [0.4, 0.5) is 0 Å². The minimum absolute atomic E-state index is 0.225. The summed E-state index contributed by atoms with van der Waals surface area (Å²) in [6.45, 7) is 9.76. The quantitative estimate of drug-likeness (QED) is 0.836. The van der Waals surface area contributed by atoms with E-state index >= 15 is 0 Å². The summed E-state index contributed by atoms with van der Waals surface area (Å²) >= 11 is 1.67. The van der Waals surface area contributed by atoms with E-state index in [-0.39, 0.29) is 5.41 Å². The van der Waals surface area contributed by atoms with E-state index in [9.17, 15) is 4.79 Å². The van der Waals surface area contributed by atoms with Gasteiger partial charge in [0, 0.05) is 23.5 Å². The fourth-order valence-corrected chi connectivity index (χ4v) is 2.74. The van der Waals surface area contributed by atoms with E-state index in [1.165, 1.54) is 11.0 Å². The van der Waals surface area contributed by atoms with E-state index in [1.54, 1.807) is 17.4 Å². The number of carbonyl (C=O) groups is 1. The lowest BCUT2D eigenvalue weighted by molar-refractivity contribution is -0.131. The topological polar surface area (TPSA) is 40.5 Å². The van der Waals surface area contributed by atoms with Gasteiger partial charge in [-0.1, -0.05) is 20.8 Å². The van der Waals surface area contributed by atoms with E-state index < -0.39 is 5.97 Å². The number of nitrogens with zero attached hydrogens (tertiary/aromatic N) is 1. The number of aliphatic carboxylic acids is 1. The average molecular weight is 281 g/mol. The Hall–Kier alpha value is -1.13. The molecule has 1 aromatic heterocycles. The van der Waals surface area contributed by atoms with Gasteiger partial charge >= 0.3 is 5.97 Å². The lowest BCUT2D eigenvalue weighted by atomic mass is 9.87. The summed E-state index contributed by atoms with van der Waals surface area (Å²) in [6, 6.07) is 2.42. The predicted octanol–water partition coefficient (Wildman–Crippen LogP) is 3.71.